The lowest BCUT2D eigenvalue weighted by molar-refractivity contribution is 0.0681. The molecule has 0 radical (unpaired) electrons. The molecular formula is C19H31N5O3. The van der Waals surface area contributed by atoms with Crippen molar-refractivity contribution in [3.8, 4) is 0 Å². The topological polar surface area (TPSA) is 122 Å². The first kappa shape index (κ1) is 19.8. The maximum Gasteiger partial charge on any atom is 0.254 e. The fraction of sp³-hybridized carbons (Fsp3) is 0.737. The molecule has 27 heavy (non-hydrogen) atoms. The summed E-state index contributed by atoms with van der Waals surface area (Å²) in [6, 6.07) is 0.365. The van der Waals surface area contributed by atoms with E-state index >= 15 is 0 Å². The molecule has 0 aromatic carbocycles. The van der Waals surface area contributed by atoms with Crippen molar-refractivity contribution in [3.63, 3.8) is 0 Å². The molecule has 0 spiro atoms. The number of anilines is 2. The molecular weight excluding hydrogens is 346 g/mol. The highest BCUT2D eigenvalue weighted by Crippen LogP contribution is 2.25. The molecule has 1 heterocycles. The SMILES string of the molecule is COC1CCC(Nc2ncc(C(N)=O)c(N[C@H]3CCCC[C@H](O)C3)n2)CC1. The van der Waals surface area contributed by atoms with E-state index < -0.39 is 5.91 Å². The van der Waals surface area contributed by atoms with E-state index in [-0.39, 0.29) is 17.7 Å². The molecule has 0 unspecified atom stereocenters. The Bertz CT molecular complexity index is 634. The molecule has 2 saturated carbocycles. The standard InChI is InChI=1S/C19H31N5O3/c1-27-15-8-6-12(7-9-15)23-19-21-11-16(17(20)26)18(24-19)22-13-4-2-3-5-14(25)10-13/h11-15,25H,2-10H2,1H3,(H2,20,26)(H2,21,22,23,24)/t12?,13-,14-,15?/m0/s1. The number of hydrogen-bond donors (Lipinski definition) is 4. The van der Waals surface area contributed by atoms with E-state index in [0.717, 1.165) is 51.4 Å². The highest BCUT2D eigenvalue weighted by molar-refractivity contribution is 5.97. The number of hydrogen-bond acceptors (Lipinski definition) is 7. The van der Waals surface area contributed by atoms with E-state index in [0.29, 0.717) is 30.3 Å². The zero-order valence-electron chi connectivity index (χ0n) is 16.0. The van der Waals surface area contributed by atoms with E-state index in [1.54, 1.807) is 7.11 Å². The third kappa shape index (κ3) is 5.52. The van der Waals surface area contributed by atoms with E-state index in [2.05, 4.69) is 20.6 Å². The molecule has 3 rings (SSSR count). The lowest BCUT2D eigenvalue weighted by Crippen LogP contribution is -2.30. The molecule has 2 aliphatic rings. The highest BCUT2D eigenvalue weighted by atomic mass is 16.5. The van der Waals surface area contributed by atoms with Crippen molar-refractivity contribution < 1.29 is 14.6 Å². The number of nitrogens with zero attached hydrogens (tertiary/aromatic N) is 2. The molecule has 2 atom stereocenters. The molecule has 150 valence electrons. The predicted molar refractivity (Wildman–Crippen MR) is 104 cm³/mol. The summed E-state index contributed by atoms with van der Waals surface area (Å²) in [5.74, 6) is 0.390. The second-order valence-corrected chi connectivity index (χ2v) is 7.69. The maximum atomic E-state index is 11.8. The molecule has 0 bridgehead atoms. The first-order chi connectivity index (χ1) is 13.0. The first-order valence-electron chi connectivity index (χ1n) is 9.96. The molecule has 1 aromatic heterocycles. The fourth-order valence-corrected chi connectivity index (χ4v) is 4.03. The van der Waals surface area contributed by atoms with Crippen LogP contribution in [0.5, 0.6) is 0 Å². The van der Waals surface area contributed by atoms with Crippen molar-refractivity contribution >= 4 is 17.7 Å². The van der Waals surface area contributed by atoms with Crippen molar-refractivity contribution in [2.75, 3.05) is 17.7 Å². The van der Waals surface area contributed by atoms with Gasteiger partial charge in [-0.15, -0.1) is 0 Å². The third-order valence-electron chi connectivity index (χ3n) is 5.63. The Morgan fingerprint density at radius 3 is 2.59 bits per heavy atom. The number of aliphatic hydroxyl groups is 1. The number of aromatic nitrogens is 2. The normalized spacial score (nSPS) is 29.0. The second kappa shape index (κ2) is 9.32. The summed E-state index contributed by atoms with van der Waals surface area (Å²) in [4.78, 5) is 20.6. The Morgan fingerprint density at radius 2 is 1.89 bits per heavy atom. The molecule has 8 heteroatoms. The molecule has 0 aliphatic heterocycles. The second-order valence-electron chi connectivity index (χ2n) is 7.69. The van der Waals surface area contributed by atoms with Crippen LogP contribution in [0, 0.1) is 0 Å². The quantitative estimate of drug-likeness (QED) is 0.560. The van der Waals surface area contributed by atoms with Gasteiger partial charge in [0.1, 0.15) is 5.82 Å². The Morgan fingerprint density at radius 1 is 1.15 bits per heavy atom. The van der Waals surface area contributed by atoms with Crippen molar-refractivity contribution in [1.82, 2.24) is 9.97 Å². The summed E-state index contributed by atoms with van der Waals surface area (Å²) in [5.41, 5.74) is 5.78. The van der Waals surface area contributed by atoms with Crippen molar-refractivity contribution in [2.24, 2.45) is 5.73 Å². The number of nitrogens with two attached hydrogens (primary N) is 1. The number of carbonyl (C=O) groups is 1. The minimum absolute atomic E-state index is 0.0699. The van der Waals surface area contributed by atoms with Crippen LogP contribution in [0.3, 0.4) is 0 Å². The van der Waals surface area contributed by atoms with Crippen LogP contribution in [-0.4, -0.2) is 52.4 Å². The molecule has 5 N–H and O–H groups in total. The van der Waals surface area contributed by atoms with E-state index in [1.807, 2.05) is 0 Å². The summed E-state index contributed by atoms with van der Waals surface area (Å²) in [5, 5.41) is 16.7. The van der Waals surface area contributed by atoms with Gasteiger partial charge in [0.25, 0.3) is 5.91 Å². The predicted octanol–water partition coefficient (Wildman–Crippen LogP) is 2.05. The number of aliphatic hydroxyl groups excluding tert-OH is 1. The molecule has 2 fully saturated rings. The number of methoxy groups -OCH3 is 1. The number of rotatable bonds is 6. The number of nitrogens with one attached hydrogen (secondary N) is 2. The summed E-state index contributed by atoms with van der Waals surface area (Å²) < 4.78 is 5.41. The van der Waals surface area contributed by atoms with Gasteiger partial charge < -0.3 is 26.2 Å². The molecule has 1 aromatic rings. The average Bonchev–Trinajstić information content (AvgIpc) is 2.86. The summed E-state index contributed by atoms with van der Waals surface area (Å²) in [7, 11) is 1.76. The van der Waals surface area contributed by atoms with Gasteiger partial charge in [0.2, 0.25) is 5.95 Å². The number of amides is 1. The van der Waals surface area contributed by atoms with Gasteiger partial charge in [-0.2, -0.15) is 4.98 Å². The molecule has 0 saturated heterocycles. The third-order valence-corrected chi connectivity index (χ3v) is 5.63. The highest BCUT2D eigenvalue weighted by Gasteiger charge is 2.24. The monoisotopic (exact) mass is 377 g/mol. The molecule has 1 amide bonds. The Hall–Kier alpha value is -1.93. The largest absolute Gasteiger partial charge is 0.393 e. The van der Waals surface area contributed by atoms with Crippen LogP contribution in [0.15, 0.2) is 6.20 Å². The zero-order valence-corrected chi connectivity index (χ0v) is 16.0. The van der Waals surface area contributed by atoms with Gasteiger partial charge in [-0.1, -0.05) is 12.8 Å². The van der Waals surface area contributed by atoms with Gasteiger partial charge in [-0.05, 0) is 44.9 Å². The van der Waals surface area contributed by atoms with Crippen LogP contribution in [0.1, 0.15) is 68.1 Å². The first-order valence-corrected chi connectivity index (χ1v) is 9.96. The van der Waals surface area contributed by atoms with E-state index in [1.165, 1.54) is 6.20 Å². The number of ether oxygens (including phenoxy) is 1. The van der Waals surface area contributed by atoms with Crippen LogP contribution in [0.4, 0.5) is 11.8 Å². The van der Waals surface area contributed by atoms with Gasteiger partial charge in [-0.25, -0.2) is 4.98 Å². The smallest absolute Gasteiger partial charge is 0.254 e. The van der Waals surface area contributed by atoms with Crippen molar-refractivity contribution in [1.29, 1.82) is 0 Å². The summed E-state index contributed by atoms with van der Waals surface area (Å²) in [6.07, 6.45) is 9.97. The zero-order chi connectivity index (χ0) is 19.2. The van der Waals surface area contributed by atoms with Crippen LogP contribution in [0.2, 0.25) is 0 Å². The van der Waals surface area contributed by atoms with Gasteiger partial charge in [-0.3, -0.25) is 4.79 Å². The lowest BCUT2D eigenvalue weighted by Gasteiger charge is -2.28. The van der Waals surface area contributed by atoms with Gasteiger partial charge in [0.05, 0.1) is 17.8 Å². The minimum Gasteiger partial charge on any atom is -0.393 e. The van der Waals surface area contributed by atoms with E-state index in [4.69, 9.17) is 10.5 Å². The average molecular weight is 377 g/mol. The van der Waals surface area contributed by atoms with Crippen LogP contribution in [-0.2, 0) is 4.74 Å². The Kier molecular flexibility index (Phi) is 6.84. The number of primary amides is 1. The van der Waals surface area contributed by atoms with Crippen molar-refractivity contribution in [3.05, 3.63) is 11.8 Å². The van der Waals surface area contributed by atoms with Crippen LogP contribution in [0.25, 0.3) is 0 Å². The fourth-order valence-electron chi connectivity index (χ4n) is 4.03. The lowest BCUT2D eigenvalue weighted by atomic mass is 9.93. The maximum absolute atomic E-state index is 11.8. The minimum atomic E-state index is -0.557. The van der Waals surface area contributed by atoms with Crippen molar-refractivity contribution in [2.45, 2.75) is 82.1 Å². The Labute approximate surface area is 160 Å². The van der Waals surface area contributed by atoms with Gasteiger partial charge in [0.15, 0.2) is 0 Å². The molecule has 8 nitrogen and oxygen atoms in total. The summed E-state index contributed by atoms with van der Waals surface area (Å²) >= 11 is 0. The summed E-state index contributed by atoms with van der Waals surface area (Å²) in [6.45, 7) is 0. The van der Waals surface area contributed by atoms with Gasteiger partial charge >= 0.3 is 0 Å². The van der Waals surface area contributed by atoms with Crippen LogP contribution < -0.4 is 16.4 Å². The van der Waals surface area contributed by atoms with Gasteiger partial charge in [0, 0.05) is 25.4 Å². The number of carbonyl (C=O) groups excluding carboxylic acids is 1. The van der Waals surface area contributed by atoms with Crippen LogP contribution >= 0.6 is 0 Å². The molecule has 2 aliphatic carbocycles. The van der Waals surface area contributed by atoms with E-state index in [9.17, 15) is 9.90 Å². The Balaban J connectivity index is 1.69.